The lowest BCUT2D eigenvalue weighted by Gasteiger charge is -2.35. The van der Waals surface area contributed by atoms with Gasteiger partial charge in [0.25, 0.3) is 0 Å². The van der Waals surface area contributed by atoms with Crippen molar-refractivity contribution in [3.05, 3.63) is 100 Å². The van der Waals surface area contributed by atoms with Gasteiger partial charge in [-0.25, -0.2) is 9.59 Å². The summed E-state index contributed by atoms with van der Waals surface area (Å²) in [6, 6.07) is 21.3. The van der Waals surface area contributed by atoms with Crippen LogP contribution in [0.5, 0.6) is 5.75 Å². The number of carbonyl (C=O) groups excluding carboxylic acids is 2. The highest BCUT2D eigenvalue weighted by Gasteiger charge is 2.35. The number of aromatic amines is 1. The fourth-order valence-corrected chi connectivity index (χ4v) is 5.04. The minimum atomic E-state index is -0.777. The molecule has 7 nitrogen and oxygen atoms in total. The van der Waals surface area contributed by atoms with Crippen LogP contribution in [0.25, 0.3) is 10.9 Å². The van der Waals surface area contributed by atoms with Crippen LogP contribution in [0.1, 0.15) is 35.3 Å². The Labute approximate surface area is 220 Å². The van der Waals surface area contributed by atoms with Gasteiger partial charge in [0.1, 0.15) is 17.8 Å². The number of nitrogens with two attached hydrogens (primary N) is 1. The molecule has 1 amide bonds. The molecule has 1 aliphatic rings. The molecule has 4 aromatic rings. The number of H-pyrrole nitrogens is 1. The zero-order chi connectivity index (χ0) is 25.9. The first-order valence-corrected chi connectivity index (χ1v) is 12.7. The second-order valence-electron chi connectivity index (χ2n) is 9.04. The van der Waals surface area contributed by atoms with Gasteiger partial charge in [0.05, 0.1) is 6.61 Å². The van der Waals surface area contributed by atoms with E-state index in [2.05, 4.69) is 4.98 Å². The van der Waals surface area contributed by atoms with Crippen molar-refractivity contribution in [1.82, 2.24) is 9.88 Å². The maximum Gasteiger partial charge on any atom is 0.410 e. The number of esters is 1. The molecule has 2 atom stereocenters. The first-order chi connectivity index (χ1) is 17.9. The second-order valence-corrected chi connectivity index (χ2v) is 9.47. The number of nitrogens with zero attached hydrogens (tertiary/aromatic N) is 1. The van der Waals surface area contributed by atoms with Crippen LogP contribution in [0.3, 0.4) is 0 Å². The van der Waals surface area contributed by atoms with Gasteiger partial charge < -0.3 is 20.2 Å². The van der Waals surface area contributed by atoms with Gasteiger partial charge in [-0.1, -0.05) is 54.1 Å². The number of amides is 1. The molecular formula is C29H28ClN3O4. The standard InChI is InChI=1S/C29H28ClN3O4/c1-2-36-29(35)33-15-14-22-23-17-20(30)10-13-25(23)32-26(22)27(33)19-8-11-21(12-9-19)37-28(34)24(31)16-18-6-4-3-5-7-18/h3-13,17,24,27,32H,2,14-16,31H2,1H3/t24-,27?/m0/s1. The zero-order valence-electron chi connectivity index (χ0n) is 20.4. The Morgan fingerprint density at radius 3 is 2.59 bits per heavy atom. The molecule has 8 heteroatoms. The topological polar surface area (TPSA) is 97.6 Å². The lowest BCUT2D eigenvalue weighted by Crippen LogP contribution is -2.41. The van der Waals surface area contributed by atoms with E-state index < -0.39 is 12.0 Å². The van der Waals surface area contributed by atoms with Crippen LogP contribution in [0.4, 0.5) is 4.79 Å². The molecule has 0 aliphatic carbocycles. The minimum Gasteiger partial charge on any atom is -0.450 e. The Hall–Kier alpha value is -3.81. The Morgan fingerprint density at radius 1 is 1.11 bits per heavy atom. The highest BCUT2D eigenvalue weighted by Crippen LogP contribution is 2.39. The lowest BCUT2D eigenvalue weighted by molar-refractivity contribution is -0.135. The predicted octanol–water partition coefficient (Wildman–Crippen LogP) is 5.40. The van der Waals surface area contributed by atoms with E-state index in [0.29, 0.717) is 30.2 Å². The molecule has 1 aliphatic heterocycles. The number of hydrogen-bond donors (Lipinski definition) is 2. The summed E-state index contributed by atoms with van der Waals surface area (Å²) < 4.78 is 10.9. The van der Waals surface area contributed by atoms with E-state index in [9.17, 15) is 9.59 Å². The first kappa shape index (κ1) is 24.9. The van der Waals surface area contributed by atoms with Gasteiger partial charge in [-0.05, 0) is 66.8 Å². The third-order valence-corrected chi connectivity index (χ3v) is 6.84. The highest BCUT2D eigenvalue weighted by molar-refractivity contribution is 6.31. The van der Waals surface area contributed by atoms with Gasteiger partial charge in [-0.15, -0.1) is 0 Å². The number of rotatable bonds is 6. The number of carbonyl (C=O) groups is 2. The summed E-state index contributed by atoms with van der Waals surface area (Å²) in [7, 11) is 0. The molecule has 5 rings (SSSR count). The van der Waals surface area contributed by atoms with E-state index in [4.69, 9.17) is 26.8 Å². The summed E-state index contributed by atoms with van der Waals surface area (Å²) in [5.41, 5.74) is 10.9. The number of ether oxygens (including phenoxy) is 2. The van der Waals surface area contributed by atoms with Crippen LogP contribution in [0.15, 0.2) is 72.8 Å². The van der Waals surface area contributed by atoms with E-state index in [1.54, 1.807) is 24.0 Å². The molecular weight excluding hydrogens is 490 g/mol. The van der Waals surface area contributed by atoms with Gasteiger partial charge in [-0.2, -0.15) is 0 Å². The fraction of sp³-hybridized carbons (Fsp3) is 0.241. The van der Waals surface area contributed by atoms with E-state index in [1.165, 1.54) is 0 Å². The van der Waals surface area contributed by atoms with Crippen molar-refractivity contribution in [3.8, 4) is 5.75 Å². The maximum absolute atomic E-state index is 12.9. The largest absolute Gasteiger partial charge is 0.450 e. The summed E-state index contributed by atoms with van der Waals surface area (Å²) in [5.74, 6) is -0.114. The number of fused-ring (bicyclic) bond motifs is 3. The van der Waals surface area contributed by atoms with Crippen LogP contribution in [0.2, 0.25) is 5.02 Å². The third kappa shape index (κ3) is 5.19. The molecule has 0 spiro atoms. The summed E-state index contributed by atoms with van der Waals surface area (Å²) in [6.07, 6.45) is 0.693. The minimum absolute atomic E-state index is 0.287. The Kier molecular flexibility index (Phi) is 7.17. The fourth-order valence-electron chi connectivity index (χ4n) is 4.87. The summed E-state index contributed by atoms with van der Waals surface area (Å²) in [6.45, 7) is 2.58. The van der Waals surface area contributed by atoms with E-state index >= 15 is 0 Å². The van der Waals surface area contributed by atoms with Gasteiger partial charge in [0.15, 0.2) is 0 Å². The molecule has 3 N–H and O–H groups in total. The van der Waals surface area contributed by atoms with Crippen molar-refractivity contribution in [3.63, 3.8) is 0 Å². The van der Waals surface area contributed by atoms with Gasteiger partial charge in [-0.3, -0.25) is 4.90 Å². The normalized spacial score (nSPS) is 15.8. The molecule has 1 aromatic heterocycles. The predicted molar refractivity (Wildman–Crippen MR) is 143 cm³/mol. The van der Waals surface area contributed by atoms with Crippen molar-refractivity contribution in [2.45, 2.75) is 31.8 Å². The average molecular weight is 518 g/mol. The van der Waals surface area contributed by atoms with Crippen LogP contribution in [-0.2, 0) is 22.4 Å². The van der Waals surface area contributed by atoms with Crippen molar-refractivity contribution < 1.29 is 19.1 Å². The lowest BCUT2D eigenvalue weighted by atomic mass is 9.92. The monoisotopic (exact) mass is 517 g/mol. The van der Waals surface area contributed by atoms with E-state index in [0.717, 1.165) is 33.3 Å². The third-order valence-electron chi connectivity index (χ3n) is 6.61. The number of benzene rings is 3. The van der Waals surface area contributed by atoms with Crippen molar-refractivity contribution >= 4 is 34.6 Å². The molecule has 1 unspecified atom stereocenters. The molecule has 0 fully saturated rings. The quantitative estimate of drug-likeness (QED) is 0.263. The molecule has 2 heterocycles. The number of hydrogen-bond acceptors (Lipinski definition) is 5. The van der Waals surface area contributed by atoms with Crippen molar-refractivity contribution in [2.24, 2.45) is 5.73 Å². The number of aromatic nitrogens is 1. The molecule has 3 aromatic carbocycles. The van der Waals surface area contributed by atoms with Gasteiger partial charge in [0, 0.05) is 28.2 Å². The van der Waals surface area contributed by atoms with Gasteiger partial charge >= 0.3 is 12.1 Å². The van der Waals surface area contributed by atoms with E-state index in [-0.39, 0.29) is 18.7 Å². The average Bonchev–Trinajstić information content (AvgIpc) is 3.27. The highest BCUT2D eigenvalue weighted by atomic mass is 35.5. The molecule has 190 valence electrons. The Morgan fingerprint density at radius 2 is 1.86 bits per heavy atom. The Balaban J connectivity index is 1.40. The second kappa shape index (κ2) is 10.7. The summed E-state index contributed by atoms with van der Waals surface area (Å²) >= 11 is 6.27. The SMILES string of the molecule is CCOC(=O)N1CCc2c([nH]c3ccc(Cl)cc23)C1c1ccc(OC(=O)[C@@H](N)Cc2ccccc2)cc1. The van der Waals surface area contributed by atoms with Crippen LogP contribution in [0, 0.1) is 0 Å². The van der Waals surface area contributed by atoms with Crippen LogP contribution in [-0.4, -0.2) is 41.1 Å². The number of halogens is 1. The van der Waals surface area contributed by atoms with Crippen molar-refractivity contribution in [2.75, 3.05) is 13.2 Å². The summed E-state index contributed by atoms with van der Waals surface area (Å²) in [4.78, 5) is 30.7. The van der Waals surface area contributed by atoms with Gasteiger partial charge in [0.2, 0.25) is 0 Å². The maximum atomic E-state index is 12.9. The Bertz CT molecular complexity index is 1420. The van der Waals surface area contributed by atoms with Crippen LogP contribution >= 0.6 is 11.6 Å². The molecule has 0 saturated carbocycles. The van der Waals surface area contributed by atoms with Crippen LogP contribution < -0.4 is 10.5 Å². The molecule has 37 heavy (non-hydrogen) atoms. The first-order valence-electron chi connectivity index (χ1n) is 12.3. The molecule has 0 saturated heterocycles. The molecule has 0 radical (unpaired) electrons. The van der Waals surface area contributed by atoms with E-state index in [1.807, 2.05) is 60.7 Å². The summed E-state index contributed by atoms with van der Waals surface area (Å²) in [5, 5.41) is 1.71. The van der Waals surface area contributed by atoms with Crippen molar-refractivity contribution in [1.29, 1.82) is 0 Å². The number of nitrogens with one attached hydrogen (secondary N) is 1. The smallest absolute Gasteiger partial charge is 0.410 e. The molecule has 0 bridgehead atoms. The zero-order valence-corrected chi connectivity index (χ0v) is 21.2.